The van der Waals surface area contributed by atoms with Gasteiger partial charge in [-0.05, 0) is 55.4 Å². The summed E-state index contributed by atoms with van der Waals surface area (Å²) < 4.78 is 4.85. The van der Waals surface area contributed by atoms with Crippen molar-refractivity contribution >= 4 is 46.0 Å². The number of hydrogen-bond donors (Lipinski definition) is 2. The summed E-state index contributed by atoms with van der Waals surface area (Å²) in [6.07, 6.45) is 2.02. The summed E-state index contributed by atoms with van der Waals surface area (Å²) >= 11 is 3.21. The Kier molecular flexibility index (Phi) is 8.37. The van der Waals surface area contributed by atoms with Crippen molar-refractivity contribution in [3.63, 3.8) is 0 Å². The number of amides is 3. The molecule has 0 aliphatic heterocycles. The highest BCUT2D eigenvalue weighted by atomic mass is 32.2. The number of carbonyl (C=O) groups is 3. The highest BCUT2D eigenvalue weighted by Gasteiger charge is 2.29. The van der Waals surface area contributed by atoms with Gasteiger partial charge in [-0.3, -0.25) is 14.9 Å². The van der Waals surface area contributed by atoms with Crippen LogP contribution >= 0.6 is 23.1 Å². The zero-order chi connectivity index (χ0) is 23.3. The molecular formula is C24H30N2O4S2. The number of thioether (sulfide) groups is 1. The van der Waals surface area contributed by atoms with Gasteiger partial charge in [0.15, 0.2) is 0 Å². The SMILES string of the molecule is CCOC(=O)NC(=O)c1c(NC(=O)Cc2ccc(SC(C)C)cc2)sc2c1CCC(C)C2. The standard InChI is InChI=1S/C24H30N2O4S2/c1-5-30-24(29)26-22(28)21-18-11-6-15(4)12-19(18)32-23(21)25-20(27)13-16-7-9-17(10-8-16)31-14(2)3/h7-10,14-15H,5-6,11-13H2,1-4H3,(H,25,27)(H,26,28,29). The van der Waals surface area contributed by atoms with Gasteiger partial charge in [-0.2, -0.15) is 0 Å². The van der Waals surface area contributed by atoms with Gasteiger partial charge in [0, 0.05) is 15.0 Å². The molecule has 0 bridgehead atoms. The number of thiophene rings is 1. The minimum atomic E-state index is -0.779. The molecule has 2 aromatic rings. The fourth-order valence-corrected chi connectivity index (χ4v) is 5.98. The average molecular weight is 475 g/mol. The van der Waals surface area contributed by atoms with Crippen LogP contribution in [-0.4, -0.2) is 29.8 Å². The van der Waals surface area contributed by atoms with Crippen LogP contribution in [0.4, 0.5) is 9.80 Å². The molecule has 1 aromatic carbocycles. The van der Waals surface area contributed by atoms with E-state index in [9.17, 15) is 14.4 Å². The van der Waals surface area contributed by atoms with Gasteiger partial charge in [-0.1, -0.05) is 32.9 Å². The molecule has 172 valence electrons. The van der Waals surface area contributed by atoms with Crippen molar-refractivity contribution in [2.24, 2.45) is 5.92 Å². The van der Waals surface area contributed by atoms with Gasteiger partial charge in [-0.25, -0.2) is 4.79 Å². The summed E-state index contributed by atoms with van der Waals surface area (Å²) in [5.74, 6) is -0.195. The fourth-order valence-electron chi connectivity index (χ4n) is 3.72. The number of hydrogen-bond acceptors (Lipinski definition) is 6. The fraction of sp³-hybridized carbons (Fsp3) is 0.458. The van der Waals surface area contributed by atoms with Crippen LogP contribution in [0.15, 0.2) is 29.2 Å². The van der Waals surface area contributed by atoms with Gasteiger partial charge in [0.2, 0.25) is 5.91 Å². The summed E-state index contributed by atoms with van der Waals surface area (Å²) in [5, 5.41) is 6.21. The molecule has 6 nitrogen and oxygen atoms in total. The van der Waals surface area contributed by atoms with E-state index < -0.39 is 12.0 Å². The van der Waals surface area contributed by atoms with E-state index in [2.05, 4.69) is 31.4 Å². The molecule has 1 heterocycles. The van der Waals surface area contributed by atoms with E-state index in [-0.39, 0.29) is 18.9 Å². The predicted molar refractivity (Wildman–Crippen MR) is 130 cm³/mol. The lowest BCUT2D eigenvalue weighted by molar-refractivity contribution is -0.115. The van der Waals surface area contributed by atoms with Crippen LogP contribution in [0.25, 0.3) is 0 Å². The molecule has 0 saturated heterocycles. The quantitative estimate of drug-likeness (QED) is 0.522. The van der Waals surface area contributed by atoms with Crippen LogP contribution in [-0.2, 0) is 28.8 Å². The smallest absolute Gasteiger partial charge is 0.414 e. The van der Waals surface area contributed by atoms with E-state index in [1.54, 1.807) is 18.7 Å². The molecule has 0 saturated carbocycles. The molecule has 1 unspecified atom stereocenters. The minimum absolute atomic E-state index is 0.177. The number of fused-ring (bicyclic) bond motifs is 1. The third kappa shape index (κ3) is 6.36. The molecule has 32 heavy (non-hydrogen) atoms. The molecule has 1 atom stereocenters. The normalized spacial score (nSPS) is 15.2. The van der Waals surface area contributed by atoms with Gasteiger partial charge in [0.1, 0.15) is 5.00 Å². The third-order valence-corrected chi connectivity index (χ3v) is 7.33. The Hall–Kier alpha value is -2.32. The lowest BCUT2D eigenvalue weighted by Gasteiger charge is -2.18. The van der Waals surface area contributed by atoms with Gasteiger partial charge in [0.05, 0.1) is 18.6 Å². The first-order chi connectivity index (χ1) is 15.3. The van der Waals surface area contributed by atoms with E-state index in [0.29, 0.717) is 21.7 Å². The molecule has 2 N–H and O–H groups in total. The molecule has 3 amide bonds. The maximum Gasteiger partial charge on any atom is 0.414 e. The summed E-state index contributed by atoms with van der Waals surface area (Å²) in [7, 11) is 0. The third-order valence-electron chi connectivity index (χ3n) is 5.14. The Labute approximate surface area is 197 Å². The Bertz CT molecular complexity index is 983. The number of imide groups is 1. The average Bonchev–Trinajstić information content (AvgIpc) is 3.05. The van der Waals surface area contributed by atoms with Gasteiger partial charge in [-0.15, -0.1) is 23.1 Å². The van der Waals surface area contributed by atoms with Crippen LogP contribution < -0.4 is 10.6 Å². The van der Waals surface area contributed by atoms with Crippen molar-refractivity contribution in [3.8, 4) is 0 Å². The van der Waals surface area contributed by atoms with Crippen molar-refractivity contribution in [2.75, 3.05) is 11.9 Å². The summed E-state index contributed by atoms with van der Waals surface area (Å²) in [4.78, 5) is 39.7. The maximum absolute atomic E-state index is 12.9. The first-order valence-electron chi connectivity index (χ1n) is 10.9. The molecule has 0 spiro atoms. The number of alkyl carbamates (subject to hydrolysis) is 1. The van der Waals surface area contributed by atoms with Crippen LogP contribution in [0.3, 0.4) is 0 Å². The first kappa shape index (κ1) is 24.3. The van der Waals surface area contributed by atoms with E-state index >= 15 is 0 Å². The lowest BCUT2D eigenvalue weighted by atomic mass is 9.88. The number of benzene rings is 1. The first-order valence-corrected chi connectivity index (χ1v) is 12.6. The second-order valence-corrected chi connectivity index (χ2v) is 11.0. The highest BCUT2D eigenvalue weighted by molar-refractivity contribution is 7.99. The van der Waals surface area contributed by atoms with Gasteiger partial charge < -0.3 is 10.1 Å². The minimum Gasteiger partial charge on any atom is -0.450 e. The summed E-state index contributed by atoms with van der Waals surface area (Å²) in [6.45, 7) is 8.32. The monoisotopic (exact) mass is 474 g/mol. The molecule has 3 rings (SSSR count). The number of rotatable bonds is 7. The Morgan fingerprint density at radius 1 is 1.22 bits per heavy atom. The Balaban J connectivity index is 1.76. The van der Waals surface area contributed by atoms with E-state index in [0.717, 1.165) is 35.3 Å². The molecule has 1 aliphatic rings. The van der Waals surface area contributed by atoms with Crippen LogP contribution in [0.5, 0.6) is 0 Å². The van der Waals surface area contributed by atoms with Crippen molar-refractivity contribution < 1.29 is 19.1 Å². The molecule has 1 aliphatic carbocycles. The molecule has 0 fully saturated rings. The second-order valence-electron chi connectivity index (χ2n) is 8.27. The number of carbonyl (C=O) groups excluding carboxylic acids is 3. The highest BCUT2D eigenvalue weighted by Crippen LogP contribution is 2.39. The van der Waals surface area contributed by atoms with Gasteiger partial charge in [0.25, 0.3) is 5.91 Å². The van der Waals surface area contributed by atoms with Crippen molar-refractivity contribution in [2.45, 2.75) is 63.5 Å². The van der Waals surface area contributed by atoms with Gasteiger partial charge >= 0.3 is 6.09 Å². The molecule has 8 heteroatoms. The van der Waals surface area contributed by atoms with Crippen molar-refractivity contribution in [1.82, 2.24) is 5.32 Å². The number of nitrogens with one attached hydrogen (secondary N) is 2. The zero-order valence-corrected chi connectivity index (χ0v) is 20.6. The predicted octanol–water partition coefficient (Wildman–Crippen LogP) is 5.44. The molecule has 0 radical (unpaired) electrons. The lowest BCUT2D eigenvalue weighted by Crippen LogP contribution is -2.32. The largest absolute Gasteiger partial charge is 0.450 e. The van der Waals surface area contributed by atoms with E-state index in [4.69, 9.17) is 4.74 Å². The second kappa shape index (κ2) is 11.0. The molecular weight excluding hydrogens is 444 g/mol. The topological polar surface area (TPSA) is 84.5 Å². The van der Waals surface area contributed by atoms with Crippen LogP contribution in [0.1, 0.15) is 60.5 Å². The van der Waals surface area contributed by atoms with Crippen LogP contribution in [0.2, 0.25) is 0 Å². The van der Waals surface area contributed by atoms with E-state index in [1.807, 2.05) is 24.3 Å². The van der Waals surface area contributed by atoms with Crippen LogP contribution in [0, 0.1) is 5.92 Å². The summed E-state index contributed by atoms with van der Waals surface area (Å²) in [5.41, 5.74) is 2.23. The maximum atomic E-state index is 12.9. The number of anilines is 1. The number of ether oxygens (including phenoxy) is 1. The van der Waals surface area contributed by atoms with Crippen molar-refractivity contribution in [3.05, 3.63) is 45.8 Å². The summed E-state index contributed by atoms with van der Waals surface area (Å²) in [6, 6.07) is 7.97. The Morgan fingerprint density at radius 2 is 1.94 bits per heavy atom. The Morgan fingerprint density at radius 3 is 2.59 bits per heavy atom. The van der Waals surface area contributed by atoms with E-state index in [1.165, 1.54) is 16.2 Å². The zero-order valence-electron chi connectivity index (χ0n) is 18.9. The van der Waals surface area contributed by atoms with Crippen molar-refractivity contribution in [1.29, 1.82) is 0 Å². The molecule has 1 aromatic heterocycles.